The average Bonchev–Trinajstić information content (AvgIpc) is 2.48. The lowest BCUT2D eigenvalue weighted by Crippen LogP contribution is -2.32. The minimum absolute atomic E-state index is 0.143. The number of benzene rings is 1. The highest BCUT2D eigenvalue weighted by Crippen LogP contribution is 2.10. The quantitative estimate of drug-likeness (QED) is 0.861. The van der Waals surface area contributed by atoms with Crippen LogP contribution in [-0.4, -0.2) is 31.0 Å². The predicted octanol–water partition coefficient (Wildman–Crippen LogP) is 2.60. The van der Waals surface area contributed by atoms with Crippen LogP contribution in [0.3, 0.4) is 0 Å². The molecule has 0 radical (unpaired) electrons. The van der Waals surface area contributed by atoms with Crippen molar-refractivity contribution < 1.29 is 4.79 Å². The zero-order valence-corrected chi connectivity index (χ0v) is 12.0. The fourth-order valence-electron chi connectivity index (χ4n) is 1.79. The van der Waals surface area contributed by atoms with Gasteiger partial charge in [-0.25, -0.2) is 4.98 Å². The molecule has 2 aromatic rings. The minimum atomic E-state index is -0.143. The fraction of sp³-hybridized carbons (Fsp3) is 0.200. The fourth-order valence-corrected chi connectivity index (χ4v) is 1.97. The molecule has 20 heavy (non-hydrogen) atoms. The third-order valence-corrected chi connectivity index (χ3v) is 3.13. The SMILES string of the molecule is CN(CCNC(=O)c1ccnc(Cl)c1)c1ccccc1. The average molecular weight is 290 g/mol. The van der Waals surface area contributed by atoms with Crippen LogP contribution in [0.15, 0.2) is 48.7 Å². The Balaban J connectivity index is 1.83. The molecule has 1 heterocycles. The molecule has 0 atom stereocenters. The molecule has 2 rings (SSSR count). The van der Waals surface area contributed by atoms with Gasteiger partial charge in [0.25, 0.3) is 5.91 Å². The largest absolute Gasteiger partial charge is 0.373 e. The highest BCUT2D eigenvalue weighted by molar-refractivity contribution is 6.29. The predicted molar refractivity (Wildman–Crippen MR) is 81.3 cm³/mol. The van der Waals surface area contributed by atoms with Crippen LogP contribution < -0.4 is 10.2 Å². The topological polar surface area (TPSA) is 45.2 Å². The Labute approximate surface area is 123 Å². The first-order chi connectivity index (χ1) is 9.66. The molecule has 0 saturated carbocycles. The van der Waals surface area contributed by atoms with Gasteiger partial charge in [0.2, 0.25) is 0 Å². The molecular weight excluding hydrogens is 274 g/mol. The third-order valence-electron chi connectivity index (χ3n) is 2.92. The van der Waals surface area contributed by atoms with Crippen molar-refractivity contribution in [1.29, 1.82) is 0 Å². The first kappa shape index (κ1) is 14.3. The van der Waals surface area contributed by atoms with Gasteiger partial charge in [0.05, 0.1) is 0 Å². The zero-order chi connectivity index (χ0) is 14.4. The molecule has 0 unspecified atom stereocenters. The second-order valence-electron chi connectivity index (χ2n) is 4.38. The Morgan fingerprint density at radius 3 is 2.75 bits per heavy atom. The zero-order valence-electron chi connectivity index (χ0n) is 11.2. The van der Waals surface area contributed by atoms with Gasteiger partial charge in [0.15, 0.2) is 0 Å². The number of carbonyl (C=O) groups is 1. The molecule has 0 aliphatic heterocycles. The van der Waals surface area contributed by atoms with Crippen molar-refractivity contribution in [2.75, 3.05) is 25.0 Å². The molecule has 0 saturated heterocycles. The van der Waals surface area contributed by atoms with E-state index in [2.05, 4.69) is 15.2 Å². The number of halogens is 1. The summed E-state index contributed by atoms with van der Waals surface area (Å²) in [6, 6.07) is 13.2. The highest BCUT2D eigenvalue weighted by Gasteiger charge is 2.06. The summed E-state index contributed by atoms with van der Waals surface area (Å²) in [6.07, 6.45) is 1.52. The Morgan fingerprint density at radius 2 is 2.05 bits per heavy atom. The minimum Gasteiger partial charge on any atom is -0.373 e. The number of carbonyl (C=O) groups excluding carboxylic acids is 1. The van der Waals surface area contributed by atoms with Gasteiger partial charge < -0.3 is 10.2 Å². The second kappa shape index (κ2) is 6.91. The van der Waals surface area contributed by atoms with Gasteiger partial charge >= 0.3 is 0 Å². The molecule has 0 fully saturated rings. The van der Waals surface area contributed by atoms with E-state index in [-0.39, 0.29) is 5.91 Å². The lowest BCUT2D eigenvalue weighted by Gasteiger charge is -2.19. The molecule has 0 aliphatic rings. The van der Waals surface area contributed by atoms with E-state index in [1.54, 1.807) is 12.1 Å². The lowest BCUT2D eigenvalue weighted by molar-refractivity contribution is 0.0954. The summed E-state index contributed by atoms with van der Waals surface area (Å²) in [5, 5.41) is 3.18. The van der Waals surface area contributed by atoms with Gasteiger partial charge in [-0.2, -0.15) is 0 Å². The van der Waals surface area contributed by atoms with Gasteiger partial charge in [0.1, 0.15) is 5.15 Å². The van der Waals surface area contributed by atoms with Crippen molar-refractivity contribution in [3.8, 4) is 0 Å². The van der Waals surface area contributed by atoms with E-state index in [0.717, 1.165) is 12.2 Å². The van der Waals surface area contributed by atoms with Crippen LogP contribution in [0.25, 0.3) is 0 Å². The smallest absolute Gasteiger partial charge is 0.251 e. The first-order valence-electron chi connectivity index (χ1n) is 6.33. The van der Waals surface area contributed by atoms with Gasteiger partial charge in [-0.05, 0) is 24.3 Å². The van der Waals surface area contributed by atoms with Crippen molar-refractivity contribution in [2.45, 2.75) is 0 Å². The van der Waals surface area contributed by atoms with Crippen molar-refractivity contribution in [3.05, 3.63) is 59.4 Å². The number of para-hydroxylation sites is 1. The van der Waals surface area contributed by atoms with Crippen LogP contribution in [0.1, 0.15) is 10.4 Å². The summed E-state index contributed by atoms with van der Waals surface area (Å²) in [6.45, 7) is 1.29. The normalized spacial score (nSPS) is 10.1. The number of nitrogens with one attached hydrogen (secondary N) is 1. The Bertz CT molecular complexity index is 574. The summed E-state index contributed by atoms with van der Waals surface area (Å²) in [4.78, 5) is 17.8. The van der Waals surface area contributed by atoms with Gasteiger partial charge in [-0.1, -0.05) is 29.8 Å². The standard InChI is InChI=1S/C15H16ClN3O/c1-19(13-5-3-2-4-6-13)10-9-18-15(20)12-7-8-17-14(16)11-12/h2-8,11H,9-10H2,1H3,(H,18,20). The molecule has 1 aromatic heterocycles. The summed E-state index contributed by atoms with van der Waals surface area (Å²) in [5.74, 6) is -0.143. The Hall–Kier alpha value is -2.07. The number of rotatable bonds is 5. The van der Waals surface area contributed by atoms with Crippen LogP contribution in [0.2, 0.25) is 5.15 Å². The van der Waals surface area contributed by atoms with Gasteiger partial charge in [-0.15, -0.1) is 0 Å². The number of pyridine rings is 1. The highest BCUT2D eigenvalue weighted by atomic mass is 35.5. The summed E-state index contributed by atoms with van der Waals surface area (Å²) >= 11 is 5.75. The molecule has 1 amide bonds. The number of hydrogen-bond donors (Lipinski definition) is 1. The van der Waals surface area contributed by atoms with Gasteiger partial charge in [0, 0.05) is 37.6 Å². The molecule has 0 aliphatic carbocycles. The molecular formula is C15H16ClN3O. The molecule has 5 heteroatoms. The number of nitrogens with zero attached hydrogens (tertiary/aromatic N) is 2. The number of likely N-dealkylation sites (N-methyl/N-ethyl adjacent to an activating group) is 1. The maximum absolute atomic E-state index is 11.9. The molecule has 104 valence electrons. The summed E-state index contributed by atoms with van der Waals surface area (Å²) in [7, 11) is 1.99. The lowest BCUT2D eigenvalue weighted by atomic mass is 10.2. The molecule has 4 nitrogen and oxygen atoms in total. The summed E-state index contributed by atoms with van der Waals surface area (Å²) in [5.41, 5.74) is 1.64. The van der Waals surface area contributed by atoms with Crippen molar-refractivity contribution in [1.82, 2.24) is 10.3 Å². The van der Waals surface area contributed by atoms with Gasteiger partial charge in [-0.3, -0.25) is 4.79 Å². The Morgan fingerprint density at radius 1 is 1.30 bits per heavy atom. The van der Waals surface area contributed by atoms with E-state index in [1.165, 1.54) is 6.20 Å². The van der Waals surface area contributed by atoms with Crippen LogP contribution in [0, 0.1) is 0 Å². The van der Waals surface area contributed by atoms with E-state index in [4.69, 9.17) is 11.6 Å². The van der Waals surface area contributed by atoms with Crippen LogP contribution in [-0.2, 0) is 0 Å². The van der Waals surface area contributed by atoms with E-state index in [0.29, 0.717) is 17.3 Å². The van der Waals surface area contributed by atoms with Crippen molar-refractivity contribution >= 4 is 23.2 Å². The van der Waals surface area contributed by atoms with E-state index in [1.807, 2.05) is 37.4 Å². The maximum atomic E-state index is 11.9. The van der Waals surface area contributed by atoms with Crippen LogP contribution >= 0.6 is 11.6 Å². The molecule has 0 bridgehead atoms. The van der Waals surface area contributed by atoms with Crippen LogP contribution in [0.4, 0.5) is 5.69 Å². The monoisotopic (exact) mass is 289 g/mol. The number of hydrogen-bond acceptors (Lipinski definition) is 3. The van der Waals surface area contributed by atoms with Crippen LogP contribution in [0.5, 0.6) is 0 Å². The van der Waals surface area contributed by atoms with E-state index in [9.17, 15) is 4.79 Å². The Kier molecular flexibility index (Phi) is 4.96. The molecule has 1 N–H and O–H groups in total. The molecule has 1 aromatic carbocycles. The van der Waals surface area contributed by atoms with E-state index < -0.39 is 0 Å². The number of aromatic nitrogens is 1. The molecule has 0 spiro atoms. The maximum Gasteiger partial charge on any atom is 0.251 e. The first-order valence-corrected chi connectivity index (χ1v) is 6.70. The second-order valence-corrected chi connectivity index (χ2v) is 4.77. The summed E-state index contributed by atoms with van der Waals surface area (Å²) < 4.78 is 0. The van der Waals surface area contributed by atoms with E-state index >= 15 is 0 Å². The number of anilines is 1. The third kappa shape index (κ3) is 3.96. The van der Waals surface area contributed by atoms with Crippen molar-refractivity contribution in [2.24, 2.45) is 0 Å². The number of amides is 1. The van der Waals surface area contributed by atoms with Crippen molar-refractivity contribution in [3.63, 3.8) is 0 Å².